The van der Waals surface area contributed by atoms with Gasteiger partial charge >= 0.3 is 0 Å². The Morgan fingerprint density at radius 3 is 1.03 bits per heavy atom. The van der Waals surface area contributed by atoms with Gasteiger partial charge < -0.3 is 8.80 Å². The summed E-state index contributed by atoms with van der Waals surface area (Å²) in [5, 5.41) is 10.4. The van der Waals surface area contributed by atoms with Crippen LogP contribution in [0.25, 0.3) is 98.4 Å². The van der Waals surface area contributed by atoms with Gasteiger partial charge in [0.05, 0.1) is 33.1 Å². The molecule has 0 saturated heterocycles. The molecular weight excluding hydrogens is 917 g/mol. The van der Waals surface area contributed by atoms with Crippen LogP contribution in [-0.2, 0) is 0 Å². The summed E-state index contributed by atoms with van der Waals surface area (Å²) in [7, 11) is 0. The van der Waals surface area contributed by atoms with E-state index in [2.05, 4.69) is 279 Å². The number of para-hydroxylation sites is 2. The lowest BCUT2D eigenvalue weighted by molar-refractivity contribution is 0.863. The highest BCUT2D eigenvalue weighted by Gasteiger charge is 2.30. The van der Waals surface area contributed by atoms with Crippen LogP contribution in [0.4, 0.5) is 0 Å². The predicted molar refractivity (Wildman–Crippen MR) is 322 cm³/mol. The molecule has 76 heavy (non-hydrogen) atoms. The number of rotatable bonds is 10. The Morgan fingerprint density at radius 2 is 0.618 bits per heavy atom. The second kappa shape index (κ2) is 17.3. The van der Waals surface area contributed by atoms with Crippen LogP contribution in [0, 0.1) is 0 Å². The fraction of sp³-hybridized carbons (Fsp3) is 0.108. The van der Waals surface area contributed by atoms with Crippen molar-refractivity contribution in [2.24, 2.45) is 0 Å². The van der Waals surface area contributed by atoms with E-state index in [1.54, 1.807) is 0 Å². The third-order valence-corrected chi connectivity index (χ3v) is 17.0. The molecule has 0 saturated carbocycles. The molecule has 362 valence electrons. The molecule has 2 nitrogen and oxygen atoms in total. The fourth-order valence-electron chi connectivity index (χ4n) is 13.3. The zero-order chi connectivity index (χ0) is 50.8. The maximum atomic E-state index is 2.59. The van der Waals surface area contributed by atoms with Crippen molar-refractivity contribution in [1.82, 2.24) is 8.80 Å². The van der Waals surface area contributed by atoms with Crippen LogP contribution in [0.1, 0.15) is 95.9 Å². The van der Waals surface area contributed by atoms with Crippen LogP contribution in [-0.4, -0.2) is 8.80 Å². The molecule has 0 fully saturated rings. The van der Waals surface area contributed by atoms with Gasteiger partial charge in [0.15, 0.2) is 0 Å². The van der Waals surface area contributed by atoms with E-state index in [0.29, 0.717) is 11.8 Å². The lowest BCUT2D eigenvalue weighted by Crippen LogP contribution is -2.05. The Bertz CT molecular complexity index is 4370. The van der Waals surface area contributed by atoms with Gasteiger partial charge in [0.1, 0.15) is 0 Å². The van der Waals surface area contributed by atoms with E-state index in [-0.39, 0.29) is 11.8 Å². The number of aromatic nitrogens is 2. The lowest BCUT2D eigenvalue weighted by Gasteiger charge is -2.22. The highest BCUT2D eigenvalue weighted by molar-refractivity contribution is 6.30. The molecule has 2 unspecified atom stereocenters. The molecule has 0 bridgehead atoms. The van der Waals surface area contributed by atoms with Crippen LogP contribution < -0.4 is 0 Å². The van der Waals surface area contributed by atoms with Gasteiger partial charge in [-0.05, 0) is 103 Å². The Labute approximate surface area is 443 Å². The van der Waals surface area contributed by atoms with Crippen molar-refractivity contribution in [2.45, 2.75) is 51.4 Å². The van der Waals surface area contributed by atoms with Crippen LogP contribution >= 0.6 is 0 Å². The normalized spacial score (nSPS) is 13.1. The molecule has 15 rings (SSSR count). The summed E-state index contributed by atoms with van der Waals surface area (Å²) in [6.07, 6.45) is 0. The summed E-state index contributed by atoms with van der Waals surface area (Å²) >= 11 is 0. The standard InChI is InChI=1S/C74H56N2/c1-45(2)47-29-33-51(34-30-47)69(55-23-15-21-53(41-55)49-17-7-5-8-18-49)61-39-37-57-63-43-68-64(44-67(63)75-65-27-13-11-25-59(65)71(61)73(57)75)58-38-40-62(72-60-26-12-14-28-66(60)76(68)74(58)72)70(52-35-31-48(32-36-52)46(3)4)56-24-16-22-54(42-56)50-19-9-6-10-20-50/h5-46,69-70H,1-4H3. The van der Waals surface area contributed by atoms with Crippen molar-refractivity contribution in [1.29, 1.82) is 0 Å². The molecule has 0 radical (unpaired) electrons. The molecule has 4 aromatic heterocycles. The SMILES string of the molecule is CC(C)c1ccc(C(c2cccc(-c3ccccc3)c2)c2ccc3c4cc5c(cc4n4c6ccccc6c2c34)c2ccc(C(c3ccc(C(C)C)cc3)c3cccc(-c4ccccc4)c3)c3c4ccccc4n5c23)cc1. The van der Waals surface area contributed by atoms with Crippen molar-refractivity contribution >= 4 is 76.2 Å². The van der Waals surface area contributed by atoms with E-state index in [0.717, 1.165) is 0 Å². The van der Waals surface area contributed by atoms with Gasteiger partial charge in [-0.15, -0.1) is 0 Å². The Balaban J connectivity index is 0.980. The average molecular weight is 973 g/mol. The highest BCUT2D eigenvalue weighted by Crippen LogP contribution is 2.50. The van der Waals surface area contributed by atoms with E-state index < -0.39 is 0 Å². The molecular formula is C74H56N2. The Morgan fingerprint density at radius 1 is 0.250 bits per heavy atom. The van der Waals surface area contributed by atoms with Crippen LogP contribution in [0.3, 0.4) is 0 Å². The first-order valence-electron chi connectivity index (χ1n) is 27.2. The third kappa shape index (κ3) is 6.73. The van der Waals surface area contributed by atoms with E-state index in [1.165, 1.54) is 143 Å². The maximum Gasteiger partial charge on any atom is 0.0623 e. The van der Waals surface area contributed by atoms with Gasteiger partial charge in [0, 0.05) is 54.9 Å². The fourth-order valence-corrected chi connectivity index (χ4v) is 13.3. The van der Waals surface area contributed by atoms with Crippen LogP contribution in [0.2, 0.25) is 0 Å². The molecule has 15 aromatic rings. The van der Waals surface area contributed by atoms with Crippen LogP contribution in [0.5, 0.6) is 0 Å². The molecule has 2 heteroatoms. The second-order valence-corrected chi connectivity index (χ2v) is 21.9. The van der Waals surface area contributed by atoms with E-state index in [9.17, 15) is 0 Å². The molecule has 11 aromatic carbocycles. The number of fused-ring (bicyclic) bond motifs is 12. The minimum Gasteiger partial charge on any atom is -0.308 e. The van der Waals surface area contributed by atoms with Crippen molar-refractivity contribution in [2.75, 3.05) is 0 Å². The molecule has 0 aliphatic heterocycles. The Kier molecular flexibility index (Phi) is 10.1. The summed E-state index contributed by atoms with van der Waals surface area (Å²) in [6, 6.07) is 92.1. The van der Waals surface area contributed by atoms with Gasteiger partial charge in [0.25, 0.3) is 0 Å². The summed E-state index contributed by atoms with van der Waals surface area (Å²) in [6.45, 7) is 9.13. The molecule has 4 heterocycles. The smallest absolute Gasteiger partial charge is 0.0623 e. The molecule has 0 aliphatic rings. The van der Waals surface area contributed by atoms with Gasteiger partial charge in [0.2, 0.25) is 0 Å². The number of hydrogen-bond donors (Lipinski definition) is 0. The van der Waals surface area contributed by atoms with Crippen molar-refractivity contribution in [3.05, 3.63) is 287 Å². The van der Waals surface area contributed by atoms with Crippen molar-refractivity contribution in [3.63, 3.8) is 0 Å². The predicted octanol–water partition coefficient (Wildman–Crippen LogP) is 19.9. The summed E-state index contributed by atoms with van der Waals surface area (Å²) in [5.41, 5.74) is 23.0. The molecule has 0 N–H and O–H groups in total. The number of benzene rings is 11. The van der Waals surface area contributed by atoms with Gasteiger partial charge in [-0.3, -0.25) is 0 Å². The first-order chi connectivity index (χ1) is 37.4. The second-order valence-electron chi connectivity index (χ2n) is 21.9. The summed E-state index contributed by atoms with van der Waals surface area (Å²) in [4.78, 5) is 0. The molecule has 0 aliphatic carbocycles. The monoisotopic (exact) mass is 972 g/mol. The maximum absolute atomic E-state index is 2.59. The number of nitrogens with zero attached hydrogens (tertiary/aromatic N) is 2. The van der Waals surface area contributed by atoms with Gasteiger partial charge in [-0.1, -0.05) is 246 Å². The third-order valence-electron chi connectivity index (χ3n) is 17.0. The first kappa shape index (κ1) is 44.5. The van der Waals surface area contributed by atoms with E-state index >= 15 is 0 Å². The molecule has 0 spiro atoms. The zero-order valence-corrected chi connectivity index (χ0v) is 43.3. The zero-order valence-electron chi connectivity index (χ0n) is 43.3. The lowest BCUT2D eigenvalue weighted by atomic mass is 9.81. The highest BCUT2D eigenvalue weighted by atomic mass is 14.9. The summed E-state index contributed by atoms with van der Waals surface area (Å²) in [5.74, 6) is 0.916. The summed E-state index contributed by atoms with van der Waals surface area (Å²) < 4.78 is 5.18. The molecule has 2 atom stereocenters. The van der Waals surface area contributed by atoms with Gasteiger partial charge in [-0.2, -0.15) is 0 Å². The van der Waals surface area contributed by atoms with E-state index in [1.807, 2.05) is 0 Å². The minimum absolute atomic E-state index is 0.00488. The van der Waals surface area contributed by atoms with Gasteiger partial charge in [-0.25, -0.2) is 0 Å². The van der Waals surface area contributed by atoms with Crippen molar-refractivity contribution < 1.29 is 0 Å². The van der Waals surface area contributed by atoms with Crippen molar-refractivity contribution in [3.8, 4) is 22.3 Å². The quantitative estimate of drug-likeness (QED) is 0.121. The first-order valence-corrected chi connectivity index (χ1v) is 27.2. The topological polar surface area (TPSA) is 8.82 Å². The molecule has 0 amide bonds. The van der Waals surface area contributed by atoms with Crippen LogP contribution in [0.15, 0.2) is 243 Å². The van der Waals surface area contributed by atoms with E-state index in [4.69, 9.17) is 0 Å². The number of hydrogen-bond acceptors (Lipinski definition) is 0. The Hall–Kier alpha value is -8.98. The minimum atomic E-state index is 0.00488. The average Bonchev–Trinajstić information content (AvgIpc) is 4.38. The largest absolute Gasteiger partial charge is 0.308 e.